The summed E-state index contributed by atoms with van der Waals surface area (Å²) in [5.74, 6) is 0.312. The zero-order valence-electron chi connectivity index (χ0n) is 16.8. The third kappa shape index (κ3) is 3.41. The SMILES string of the molecule is CC(C)(C)C1CCC(=NNC(=O)CN2C(=O)c3cccc4cccc2c34)CC1. The predicted molar refractivity (Wildman–Crippen MR) is 113 cm³/mol. The van der Waals surface area contributed by atoms with Crippen LogP contribution in [-0.2, 0) is 4.79 Å². The van der Waals surface area contributed by atoms with Gasteiger partial charge in [-0.2, -0.15) is 5.10 Å². The Balaban J connectivity index is 1.41. The Morgan fingerprint density at radius 2 is 1.82 bits per heavy atom. The summed E-state index contributed by atoms with van der Waals surface area (Å²) in [6, 6.07) is 11.5. The van der Waals surface area contributed by atoms with Gasteiger partial charge in [0.1, 0.15) is 6.54 Å². The number of rotatable bonds is 3. The van der Waals surface area contributed by atoms with E-state index in [0.29, 0.717) is 16.9 Å². The van der Waals surface area contributed by atoms with Crippen LogP contribution in [0.3, 0.4) is 0 Å². The molecule has 5 nitrogen and oxygen atoms in total. The minimum atomic E-state index is -0.261. The number of nitrogens with zero attached hydrogens (tertiary/aromatic N) is 2. The van der Waals surface area contributed by atoms with Gasteiger partial charge in [0.15, 0.2) is 0 Å². The van der Waals surface area contributed by atoms with E-state index < -0.39 is 0 Å². The minimum absolute atomic E-state index is 0.0198. The lowest BCUT2D eigenvalue weighted by atomic mass is 9.72. The van der Waals surface area contributed by atoms with Gasteiger partial charge < -0.3 is 0 Å². The topological polar surface area (TPSA) is 61.8 Å². The standard InChI is InChI=1S/C23H27N3O2/c1-23(2,3)16-10-12-17(13-11-16)24-25-20(27)14-26-19-9-5-7-15-6-4-8-18(21(15)19)22(26)28/h4-9,16H,10-14H2,1-3H3,(H,25,27). The zero-order chi connectivity index (χ0) is 19.9. The molecule has 0 bridgehead atoms. The summed E-state index contributed by atoms with van der Waals surface area (Å²) >= 11 is 0. The third-order valence-electron chi connectivity index (χ3n) is 6.08. The van der Waals surface area contributed by atoms with E-state index in [0.717, 1.165) is 47.9 Å². The highest BCUT2D eigenvalue weighted by molar-refractivity contribution is 6.26. The van der Waals surface area contributed by atoms with Crippen LogP contribution in [0.1, 0.15) is 56.8 Å². The lowest BCUT2D eigenvalue weighted by Crippen LogP contribution is -2.37. The van der Waals surface area contributed by atoms with Gasteiger partial charge in [0, 0.05) is 16.7 Å². The fourth-order valence-corrected chi connectivity index (χ4v) is 4.39. The Morgan fingerprint density at radius 1 is 1.14 bits per heavy atom. The summed E-state index contributed by atoms with van der Waals surface area (Å²) in [6.07, 6.45) is 4.07. The minimum Gasteiger partial charge on any atom is -0.298 e. The van der Waals surface area contributed by atoms with Crippen LogP contribution in [-0.4, -0.2) is 24.1 Å². The summed E-state index contributed by atoms with van der Waals surface area (Å²) in [7, 11) is 0. The Labute approximate surface area is 165 Å². The molecular formula is C23H27N3O2. The predicted octanol–water partition coefficient (Wildman–Crippen LogP) is 4.51. The van der Waals surface area contributed by atoms with E-state index in [4.69, 9.17) is 0 Å². The first kappa shape index (κ1) is 18.7. The number of carbonyl (C=O) groups is 2. The molecule has 4 rings (SSSR count). The molecule has 2 aromatic rings. The van der Waals surface area contributed by atoms with Crippen molar-refractivity contribution in [3.05, 3.63) is 42.0 Å². The van der Waals surface area contributed by atoms with Gasteiger partial charge in [-0.05, 0) is 54.5 Å². The molecule has 2 aromatic carbocycles. The molecule has 0 spiro atoms. The Morgan fingerprint density at radius 3 is 2.50 bits per heavy atom. The van der Waals surface area contributed by atoms with E-state index in [1.807, 2.05) is 36.4 Å². The molecule has 0 saturated heterocycles. The Kier molecular flexibility index (Phi) is 4.69. The van der Waals surface area contributed by atoms with E-state index in [1.165, 1.54) is 0 Å². The fraction of sp³-hybridized carbons (Fsp3) is 0.435. The van der Waals surface area contributed by atoms with E-state index in [-0.39, 0.29) is 18.4 Å². The molecule has 5 heteroatoms. The first-order valence-electron chi connectivity index (χ1n) is 10.0. The van der Waals surface area contributed by atoms with Crippen LogP contribution in [0, 0.1) is 11.3 Å². The average molecular weight is 377 g/mol. The summed E-state index contributed by atoms with van der Waals surface area (Å²) in [4.78, 5) is 26.8. The first-order valence-corrected chi connectivity index (χ1v) is 10.0. The molecule has 1 aliphatic heterocycles. The van der Waals surface area contributed by atoms with Crippen LogP contribution in [0.25, 0.3) is 10.8 Å². The summed E-state index contributed by atoms with van der Waals surface area (Å²) in [5, 5.41) is 6.29. The Bertz CT molecular complexity index is 956. The number of benzene rings is 2. The summed E-state index contributed by atoms with van der Waals surface area (Å²) < 4.78 is 0. The first-order chi connectivity index (χ1) is 13.3. The number of amides is 2. The molecule has 0 aromatic heterocycles. The van der Waals surface area contributed by atoms with Crippen molar-refractivity contribution in [2.45, 2.75) is 46.5 Å². The van der Waals surface area contributed by atoms with Gasteiger partial charge in [-0.15, -0.1) is 0 Å². The van der Waals surface area contributed by atoms with Crippen LogP contribution >= 0.6 is 0 Å². The molecule has 1 N–H and O–H groups in total. The fourth-order valence-electron chi connectivity index (χ4n) is 4.39. The normalized spacial score (nSPS) is 19.2. The number of carbonyl (C=O) groups excluding carboxylic acids is 2. The maximum Gasteiger partial charge on any atom is 0.260 e. The molecular weight excluding hydrogens is 350 g/mol. The molecule has 1 fully saturated rings. The number of nitrogens with one attached hydrogen (secondary N) is 1. The Hall–Kier alpha value is -2.69. The molecule has 1 heterocycles. The van der Waals surface area contributed by atoms with Crippen molar-refractivity contribution in [1.29, 1.82) is 0 Å². The average Bonchev–Trinajstić information content (AvgIpc) is 2.94. The number of hydrogen-bond donors (Lipinski definition) is 1. The number of hydrogen-bond acceptors (Lipinski definition) is 3. The maximum atomic E-state index is 12.8. The highest BCUT2D eigenvalue weighted by Crippen LogP contribution is 2.37. The van der Waals surface area contributed by atoms with Gasteiger partial charge in [0.05, 0.1) is 5.69 Å². The summed E-state index contributed by atoms with van der Waals surface area (Å²) in [6.45, 7) is 6.83. The molecule has 0 atom stereocenters. The van der Waals surface area contributed by atoms with Gasteiger partial charge >= 0.3 is 0 Å². The second-order valence-electron chi connectivity index (χ2n) is 8.93. The van der Waals surface area contributed by atoms with Crippen molar-refractivity contribution >= 4 is 34.0 Å². The van der Waals surface area contributed by atoms with Crippen LogP contribution in [0.2, 0.25) is 0 Å². The lowest BCUT2D eigenvalue weighted by Gasteiger charge is -2.34. The second-order valence-corrected chi connectivity index (χ2v) is 8.93. The van der Waals surface area contributed by atoms with Crippen molar-refractivity contribution in [2.24, 2.45) is 16.4 Å². The quantitative estimate of drug-likeness (QED) is 0.800. The smallest absolute Gasteiger partial charge is 0.260 e. The van der Waals surface area contributed by atoms with Gasteiger partial charge in [-0.3, -0.25) is 14.5 Å². The highest BCUT2D eigenvalue weighted by atomic mass is 16.2. The van der Waals surface area contributed by atoms with Crippen LogP contribution < -0.4 is 10.3 Å². The molecule has 1 saturated carbocycles. The number of anilines is 1. The van der Waals surface area contributed by atoms with Crippen molar-refractivity contribution < 1.29 is 9.59 Å². The largest absolute Gasteiger partial charge is 0.298 e. The number of hydrazone groups is 1. The maximum absolute atomic E-state index is 12.8. The second kappa shape index (κ2) is 7.04. The van der Waals surface area contributed by atoms with Crippen molar-refractivity contribution in [3.63, 3.8) is 0 Å². The molecule has 2 amide bonds. The van der Waals surface area contributed by atoms with Crippen LogP contribution in [0.5, 0.6) is 0 Å². The van der Waals surface area contributed by atoms with Gasteiger partial charge in [-0.25, -0.2) is 5.43 Å². The van der Waals surface area contributed by atoms with Crippen LogP contribution in [0.15, 0.2) is 41.5 Å². The highest BCUT2D eigenvalue weighted by Gasteiger charge is 2.31. The molecule has 0 unspecified atom stereocenters. The zero-order valence-corrected chi connectivity index (χ0v) is 16.8. The van der Waals surface area contributed by atoms with Crippen molar-refractivity contribution in [3.8, 4) is 0 Å². The molecule has 2 aliphatic rings. The van der Waals surface area contributed by atoms with Gasteiger partial charge in [0.25, 0.3) is 11.8 Å². The van der Waals surface area contributed by atoms with Crippen LogP contribution in [0.4, 0.5) is 5.69 Å². The monoisotopic (exact) mass is 377 g/mol. The van der Waals surface area contributed by atoms with Gasteiger partial charge in [0.2, 0.25) is 0 Å². The van der Waals surface area contributed by atoms with Crippen molar-refractivity contribution in [2.75, 3.05) is 11.4 Å². The molecule has 1 aliphatic carbocycles. The molecule has 0 radical (unpaired) electrons. The van der Waals surface area contributed by atoms with E-state index in [1.54, 1.807) is 4.90 Å². The van der Waals surface area contributed by atoms with Gasteiger partial charge in [-0.1, -0.05) is 45.0 Å². The van der Waals surface area contributed by atoms with E-state index in [9.17, 15) is 9.59 Å². The third-order valence-corrected chi connectivity index (χ3v) is 6.08. The lowest BCUT2D eigenvalue weighted by molar-refractivity contribution is -0.119. The molecule has 28 heavy (non-hydrogen) atoms. The summed E-state index contributed by atoms with van der Waals surface area (Å²) in [5.41, 5.74) is 5.49. The molecule has 146 valence electrons. The van der Waals surface area contributed by atoms with E-state index >= 15 is 0 Å². The van der Waals surface area contributed by atoms with Crippen molar-refractivity contribution in [1.82, 2.24) is 5.43 Å². The van der Waals surface area contributed by atoms with E-state index in [2.05, 4.69) is 31.3 Å².